The fourth-order valence-corrected chi connectivity index (χ4v) is 2.36. The zero-order valence-corrected chi connectivity index (χ0v) is 12.7. The lowest BCUT2D eigenvalue weighted by Crippen LogP contribution is -2.24. The van der Waals surface area contributed by atoms with Gasteiger partial charge in [-0.25, -0.2) is 9.97 Å². The van der Waals surface area contributed by atoms with E-state index in [0.717, 1.165) is 35.0 Å². The quantitative estimate of drug-likeness (QED) is 0.790. The lowest BCUT2D eigenvalue weighted by Gasteiger charge is -2.16. The smallest absolute Gasteiger partial charge is 0.160 e. The zero-order valence-electron chi connectivity index (χ0n) is 12.7. The van der Waals surface area contributed by atoms with Crippen molar-refractivity contribution in [1.82, 2.24) is 29.4 Å². The van der Waals surface area contributed by atoms with Crippen LogP contribution < -0.4 is 5.32 Å². The molecule has 3 aromatic rings. The Morgan fingerprint density at radius 3 is 2.81 bits per heavy atom. The lowest BCUT2D eigenvalue weighted by atomic mass is 10.3. The average molecular weight is 285 g/mol. The van der Waals surface area contributed by atoms with Gasteiger partial charge in [0.1, 0.15) is 18.5 Å². The van der Waals surface area contributed by atoms with Crippen molar-refractivity contribution in [2.24, 2.45) is 0 Å². The number of aromatic nitrogens is 6. The molecule has 0 saturated heterocycles. The molecule has 0 amide bonds. The summed E-state index contributed by atoms with van der Waals surface area (Å²) in [6.07, 6.45) is 3.26. The van der Waals surface area contributed by atoms with Gasteiger partial charge in [-0.05, 0) is 27.7 Å². The molecule has 7 nitrogen and oxygen atoms in total. The fourth-order valence-electron chi connectivity index (χ4n) is 2.36. The number of hydrogen-bond acceptors (Lipinski definition) is 5. The molecule has 0 aliphatic heterocycles. The molecule has 0 radical (unpaired) electrons. The molecule has 3 heterocycles. The van der Waals surface area contributed by atoms with Gasteiger partial charge >= 0.3 is 0 Å². The van der Waals surface area contributed by atoms with Gasteiger partial charge in [-0.15, -0.1) is 0 Å². The van der Waals surface area contributed by atoms with Crippen LogP contribution in [0.5, 0.6) is 0 Å². The molecule has 3 rings (SSSR count). The Morgan fingerprint density at radius 2 is 2.10 bits per heavy atom. The van der Waals surface area contributed by atoms with Gasteiger partial charge in [0, 0.05) is 23.4 Å². The Labute approximate surface area is 123 Å². The number of nitrogens with zero attached hydrogens (tertiary/aromatic N) is 6. The molecule has 0 bridgehead atoms. The monoisotopic (exact) mass is 285 g/mol. The minimum absolute atomic E-state index is 0.196. The molecule has 0 aliphatic carbocycles. The SMILES string of the molecule is Cc1cc(N[C@H](C)Cn2cncn2)n2nc(C)c(C)c2n1. The second-order valence-electron chi connectivity index (χ2n) is 5.39. The van der Waals surface area contributed by atoms with Crippen molar-refractivity contribution in [2.75, 3.05) is 5.32 Å². The maximum absolute atomic E-state index is 4.57. The zero-order chi connectivity index (χ0) is 15.0. The summed E-state index contributed by atoms with van der Waals surface area (Å²) in [5, 5.41) is 12.2. The third-order valence-corrected chi connectivity index (χ3v) is 3.51. The first-order valence-corrected chi connectivity index (χ1v) is 6.97. The van der Waals surface area contributed by atoms with E-state index in [1.165, 1.54) is 0 Å². The van der Waals surface area contributed by atoms with Crippen LogP contribution in [-0.2, 0) is 6.54 Å². The van der Waals surface area contributed by atoms with Crippen LogP contribution in [0.25, 0.3) is 5.65 Å². The predicted octanol–water partition coefficient (Wildman–Crippen LogP) is 1.75. The Balaban J connectivity index is 1.91. The number of anilines is 1. The highest BCUT2D eigenvalue weighted by Gasteiger charge is 2.13. The van der Waals surface area contributed by atoms with Crippen LogP contribution in [0.2, 0.25) is 0 Å². The van der Waals surface area contributed by atoms with Crippen LogP contribution in [-0.4, -0.2) is 35.4 Å². The van der Waals surface area contributed by atoms with Gasteiger partial charge in [-0.1, -0.05) is 0 Å². The van der Waals surface area contributed by atoms with E-state index in [2.05, 4.69) is 32.4 Å². The molecule has 1 atom stereocenters. The third kappa shape index (κ3) is 2.58. The standard InChI is InChI=1S/C14H19N7/c1-9-5-13(17-10(2)6-20-8-15-7-16-20)21-14(18-9)11(3)12(4)19-21/h5,7-8,10,17H,6H2,1-4H3/t10-/m1/s1. The van der Waals surface area contributed by atoms with Crippen LogP contribution in [0.3, 0.4) is 0 Å². The summed E-state index contributed by atoms with van der Waals surface area (Å²) in [4.78, 5) is 8.53. The molecule has 1 N–H and O–H groups in total. The Bertz CT molecular complexity index is 757. The lowest BCUT2D eigenvalue weighted by molar-refractivity contribution is 0.557. The number of rotatable bonds is 4. The van der Waals surface area contributed by atoms with Gasteiger partial charge < -0.3 is 5.32 Å². The third-order valence-electron chi connectivity index (χ3n) is 3.51. The van der Waals surface area contributed by atoms with Gasteiger partial charge in [0.05, 0.1) is 12.2 Å². The van der Waals surface area contributed by atoms with Gasteiger partial charge in [-0.3, -0.25) is 4.68 Å². The fraction of sp³-hybridized carbons (Fsp3) is 0.429. The molecule has 0 saturated carbocycles. The van der Waals surface area contributed by atoms with E-state index in [-0.39, 0.29) is 6.04 Å². The van der Waals surface area contributed by atoms with Crippen LogP contribution in [0, 0.1) is 20.8 Å². The average Bonchev–Trinajstić information content (AvgIpc) is 3.01. The highest BCUT2D eigenvalue weighted by atomic mass is 15.3. The Kier molecular flexibility index (Phi) is 3.32. The Hall–Kier alpha value is -2.44. The van der Waals surface area contributed by atoms with Gasteiger partial charge in [0.15, 0.2) is 5.65 Å². The van der Waals surface area contributed by atoms with E-state index >= 15 is 0 Å². The van der Waals surface area contributed by atoms with Crippen LogP contribution in [0.1, 0.15) is 23.9 Å². The summed E-state index contributed by atoms with van der Waals surface area (Å²) in [5.74, 6) is 0.946. The first-order chi connectivity index (χ1) is 10.0. The molecule has 0 aromatic carbocycles. The molecule has 0 aliphatic rings. The number of nitrogens with one attached hydrogen (secondary N) is 1. The van der Waals surface area contributed by atoms with Crippen molar-refractivity contribution < 1.29 is 0 Å². The normalized spacial score (nSPS) is 12.8. The molecule has 0 unspecified atom stereocenters. The maximum Gasteiger partial charge on any atom is 0.160 e. The molecule has 0 spiro atoms. The summed E-state index contributed by atoms with van der Waals surface area (Å²) < 4.78 is 3.68. The molecular formula is C14H19N7. The van der Waals surface area contributed by atoms with Crippen LogP contribution >= 0.6 is 0 Å². The maximum atomic E-state index is 4.57. The summed E-state index contributed by atoms with van der Waals surface area (Å²) in [7, 11) is 0. The minimum Gasteiger partial charge on any atom is -0.366 e. The van der Waals surface area contributed by atoms with E-state index < -0.39 is 0 Å². The van der Waals surface area contributed by atoms with Crippen molar-refractivity contribution in [3.8, 4) is 0 Å². The van der Waals surface area contributed by atoms with Crippen molar-refractivity contribution >= 4 is 11.5 Å². The van der Waals surface area contributed by atoms with E-state index in [9.17, 15) is 0 Å². The molecular weight excluding hydrogens is 266 g/mol. The second kappa shape index (κ2) is 5.16. The molecule has 110 valence electrons. The Morgan fingerprint density at radius 1 is 1.29 bits per heavy atom. The van der Waals surface area contributed by atoms with Crippen molar-refractivity contribution in [1.29, 1.82) is 0 Å². The highest BCUT2D eigenvalue weighted by molar-refractivity contribution is 5.56. The van der Waals surface area contributed by atoms with E-state index in [4.69, 9.17) is 0 Å². The van der Waals surface area contributed by atoms with Crippen LogP contribution in [0.15, 0.2) is 18.7 Å². The van der Waals surface area contributed by atoms with E-state index in [0.29, 0.717) is 0 Å². The summed E-state index contributed by atoms with van der Waals surface area (Å²) >= 11 is 0. The number of aryl methyl sites for hydroxylation is 3. The molecule has 7 heteroatoms. The van der Waals surface area contributed by atoms with E-state index in [1.807, 2.05) is 36.0 Å². The summed E-state index contributed by atoms with van der Waals surface area (Å²) in [6, 6.07) is 2.21. The highest BCUT2D eigenvalue weighted by Crippen LogP contribution is 2.18. The first-order valence-electron chi connectivity index (χ1n) is 6.97. The second-order valence-corrected chi connectivity index (χ2v) is 5.39. The summed E-state index contributed by atoms with van der Waals surface area (Å²) in [5.41, 5.74) is 4.00. The first kappa shape index (κ1) is 13.5. The minimum atomic E-state index is 0.196. The van der Waals surface area contributed by atoms with Gasteiger partial charge in [-0.2, -0.15) is 14.7 Å². The van der Waals surface area contributed by atoms with E-state index in [1.54, 1.807) is 12.7 Å². The summed E-state index contributed by atoms with van der Waals surface area (Å²) in [6.45, 7) is 8.89. The molecule has 21 heavy (non-hydrogen) atoms. The molecule has 3 aromatic heterocycles. The van der Waals surface area contributed by atoms with Crippen LogP contribution in [0.4, 0.5) is 5.82 Å². The topological polar surface area (TPSA) is 72.9 Å². The van der Waals surface area contributed by atoms with Crippen molar-refractivity contribution in [2.45, 2.75) is 40.3 Å². The number of hydrogen-bond donors (Lipinski definition) is 1. The van der Waals surface area contributed by atoms with Gasteiger partial charge in [0.2, 0.25) is 0 Å². The number of fused-ring (bicyclic) bond motifs is 1. The van der Waals surface area contributed by atoms with Crippen molar-refractivity contribution in [3.05, 3.63) is 35.7 Å². The van der Waals surface area contributed by atoms with Gasteiger partial charge in [0.25, 0.3) is 0 Å². The largest absolute Gasteiger partial charge is 0.366 e. The molecule has 0 fully saturated rings. The predicted molar refractivity (Wildman–Crippen MR) is 80.3 cm³/mol. The van der Waals surface area contributed by atoms with Crippen molar-refractivity contribution in [3.63, 3.8) is 0 Å².